The van der Waals surface area contributed by atoms with Crippen LogP contribution in [0.5, 0.6) is 0 Å². The number of aliphatic hydroxyl groups is 2. The van der Waals surface area contributed by atoms with Crippen LogP contribution >= 0.6 is 0 Å². The number of carbonyl (C=O) groups excluding carboxylic acids is 2. The first-order valence-electron chi connectivity index (χ1n) is 22.4. The van der Waals surface area contributed by atoms with Crippen LogP contribution in [-0.2, 0) is 14.3 Å². The predicted molar refractivity (Wildman–Crippen MR) is 227 cm³/mol. The summed E-state index contributed by atoms with van der Waals surface area (Å²) in [6, 6.07) is -0.647. The number of amides is 1. The minimum Gasteiger partial charge on any atom is -0.466 e. The molecule has 0 bridgehead atoms. The van der Waals surface area contributed by atoms with E-state index in [9.17, 15) is 19.8 Å². The van der Waals surface area contributed by atoms with Crippen LogP contribution in [0.25, 0.3) is 0 Å². The lowest BCUT2D eigenvalue weighted by atomic mass is 10.1. The molecule has 308 valence electrons. The Balaban J connectivity index is 3.55. The third kappa shape index (κ3) is 39.3. The Bertz CT molecular complexity index is 911. The molecule has 0 spiro atoms. The molecule has 0 aromatic carbocycles. The zero-order valence-corrected chi connectivity index (χ0v) is 34.7. The largest absolute Gasteiger partial charge is 0.466 e. The van der Waals surface area contributed by atoms with Gasteiger partial charge < -0.3 is 20.3 Å². The number of aliphatic hydroxyl groups excluding tert-OH is 2. The molecule has 0 rings (SSSR count). The summed E-state index contributed by atoms with van der Waals surface area (Å²) in [4.78, 5) is 24.3. The third-order valence-corrected chi connectivity index (χ3v) is 9.79. The summed E-state index contributed by atoms with van der Waals surface area (Å²) in [5, 5.41) is 22.9. The zero-order chi connectivity index (χ0) is 38.7. The van der Waals surface area contributed by atoms with Crippen LogP contribution in [0, 0.1) is 0 Å². The van der Waals surface area contributed by atoms with Gasteiger partial charge in [-0.1, -0.05) is 165 Å². The summed E-state index contributed by atoms with van der Waals surface area (Å²) in [6.45, 7) is 4.74. The van der Waals surface area contributed by atoms with Crippen molar-refractivity contribution in [3.8, 4) is 0 Å². The minimum atomic E-state index is -0.860. The van der Waals surface area contributed by atoms with Crippen molar-refractivity contribution in [3.63, 3.8) is 0 Å². The van der Waals surface area contributed by atoms with E-state index in [4.69, 9.17) is 4.74 Å². The van der Waals surface area contributed by atoms with Gasteiger partial charge in [0.15, 0.2) is 0 Å². The molecule has 0 aromatic rings. The van der Waals surface area contributed by atoms with Gasteiger partial charge in [0.25, 0.3) is 0 Å². The molecule has 6 heteroatoms. The molecule has 53 heavy (non-hydrogen) atoms. The fourth-order valence-corrected chi connectivity index (χ4v) is 6.31. The Morgan fingerprint density at radius 3 is 1.55 bits per heavy atom. The smallest absolute Gasteiger partial charge is 0.305 e. The number of ether oxygens (including phenoxy) is 1. The van der Waals surface area contributed by atoms with Gasteiger partial charge >= 0.3 is 5.97 Å². The molecule has 0 saturated heterocycles. The molecule has 0 radical (unpaired) electrons. The van der Waals surface area contributed by atoms with Crippen LogP contribution in [0.15, 0.2) is 48.6 Å². The molecule has 0 aliphatic carbocycles. The highest BCUT2D eigenvalue weighted by molar-refractivity contribution is 5.76. The maximum absolute atomic E-state index is 12.3. The van der Waals surface area contributed by atoms with E-state index < -0.39 is 12.1 Å². The van der Waals surface area contributed by atoms with Gasteiger partial charge in [-0.15, -0.1) is 0 Å². The van der Waals surface area contributed by atoms with Gasteiger partial charge in [0, 0.05) is 12.8 Å². The van der Waals surface area contributed by atoms with E-state index in [1.165, 1.54) is 103 Å². The highest BCUT2D eigenvalue weighted by atomic mass is 16.5. The van der Waals surface area contributed by atoms with E-state index >= 15 is 0 Å². The van der Waals surface area contributed by atoms with Crippen LogP contribution in [-0.4, -0.2) is 47.4 Å². The third-order valence-electron chi connectivity index (χ3n) is 9.79. The lowest BCUT2D eigenvalue weighted by Crippen LogP contribution is -2.45. The van der Waals surface area contributed by atoms with Crippen molar-refractivity contribution in [2.75, 3.05) is 13.2 Å². The number of nitrogens with one attached hydrogen (secondary N) is 1. The highest BCUT2D eigenvalue weighted by Gasteiger charge is 2.17. The molecule has 0 aliphatic rings. The van der Waals surface area contributed by atoms with Gasteiger partial charge in [0.05, 0.1) is 25.4 Å². The molecule has 0 saturated carbocycles. The quantitative estimate of drug-likeness (QED) is 0.0330. The van der Waals surface area contributed by atoms with Crippen LogP contribution in [0.3, 0.4) is 0 Å². The van der Waals surface area contributed by atoms with E-state index in [0.29, 0.717) is 19.4 Å². The molecule has 6 nitrogen and oxygen atoms in total. The van der Waals surface area contributed by atoms with Crippen LogP contribution in [0.2, 0.25) is 0 Å². The van der Waals surface area contributed by atoms with E-state index in [0.717, 1.165) is 83.5 Å². The maximum atomic E-state index is 12.3. The van der Waals surface area contributed by atoms with Crippen molar-refractivity contribution < 1.29 is 24.5 Å². The van der Waals surface area contributed by atoms with Crippen LogP contribution in [0.4, 0.5) is 0 Å². The van der Waals surface area contributed by atoms with Crippen molar-refractivity contribution in [2.24, 2.45) is 0 Å². The van der Waals surface area contributed by atoms with Crippen molar-refractivity contribution in [1.29, 1.82) is 0 Å². The number of esters is 1. The van der Waals surface area contributed by atoms with E-state index in [2.05, 4.69) is 55.6 Å². The fourth-order valence-electron chi connectivity index (χ4n) is 6.31. The van der Waals surface area contributed by atoms with Crippen molar-refractivity contribution in [2.45, 2.75) is 225 Å². The van der Waals surface area contributed by atoms with Gasteiger partial charge in [0.1, 0.15) is 0 Å². The van der Waals surface area contributed by atoms with E-state index in [-0.39, 0.29) is 18.5 Å². The minimum absolute atomic E-state index is 0.0312. The number of allylic oxidation sites excluding steroid dienone is 7. The van der Waals surface area contributed by atoms with Crippen molar-refractivity contribution in [1.82, 2.24) is 5.32 Å². The van der Waals surface area contributed by atoms with Crippen molar-refractivity contribution >= 4 is 11.9 Å². The number of hydrogen-bond acceptors (Lipinski definition) is 5. The molecule has 0 heterocycles. The second-order valence-corrected chi connectivity index (χ2v) is 15.0. The second kappa shape index (κ2) is 42.6. The summed E-state index contributed by atoms with van der Waals surface area (Å²) in [7, 11) is 0. The summed E-state index contributed by atoms with van der Waals surface area (Å²) in [5.41, 5.74) is 0. The lowest BCUT2D eigenvalue weighted by molar-refractivity contribution is -0.143. The number of hydrogen-bond donors (Lipinski definition) is 3. The maximum Gasteiger partial charge on any atom is 0.305 e. The average molecular weight is 744 g/mol. The predicted octanol–water partition coefficient (Wildman–Crippen LogP) is 12.7. The SMILES string of the molecule is CCC/C=C\C/C=C\CCCCCCCC(=O)OCCCCCCCC/C=C\CCCCCC(=O)NC(CO)C(O)/C=C/CCCCCCCCCC. The summed E-state index contributed by atoms with van der Waals surface area (Å²) >= 11 is 0. The molecule has 2 unspecified atom stereocenters. The van der Waals surface area contributed by atoms with E-state index in [1.54, 1.807) is 6.08 Å². The van der Waals surface area contributed by atoms with Gasteiger partial charge in [-0.2, -0.15) is 0 Å². The Morgan fingerprint density at radius 1 is 0.528 bits per heavy atom. The van der Waals surface area contributed by atoms with Gasteiger partial charge in [-0.25, -0.2) is 0 Å². The normalized spacial score (nSPS) is 13.2. The number of unbranched alkanes of at least 4 members (excludes halogenated alkanes) is 23. The number of rotatable bonds is 40. The molecule has 3 N–H and O–H groups in total. The first kappa shape index (κ1) is 50.8. The van der Waals surface area contributed by atoms with Gasteiger partial charge in [0.2, 0.25) is 5.91 Å². The molecular weight excluding hydrogens is 659 g/mol. The standard InChI is InChI=1S/C47H85NO5/c1-3-5-7-9-11-13-15-17-21-25-29-33-37-41-47(52)53-42-38-34-30-26-22-19-16-18-20-24-28-32-36-40-46(51)48-44(43-49)45(50)39-35-31-27-23-14-12-10-8-6-4-2/h7,9,13,15,18,20,35,39,44-45,49-50H,3-6,8,10-12,14,16-17,19,21-34,36-38,40-43H2,1-2H3,(H,48,51)/b9-7-,15-13-,20-18-,39-35+. The topological polar surface area (TPSA) is 95.9 Å². The Kier molecular flexibility index (Phi) is 40.8. The Hall–Kier alpha value is -2.18. The van der Waals surface area contributed by atoms with Gasteiger partial charge in [-0.3, -0.25) is 9.59 Å². The average Bonchev–Trinajstić information content (AvgIpc) is 3.16. The molecular formula is C47H85NO5. The molecule has 0 aromatic heterocycles. The number of carbonyl (C=O) groups is 2. The first-order chi connectivity index (χ1) is 26.0. The molecule has 2 atom stereocenters. The highest BCUT2D eigenvalue weighted by Crippen LogP contribution is 2.13. The lowest BCUT2D eigenvalue weighted by Gasteiger charge is -2.19. The molecule has 0 fully saturated rings. The monoisotopic (exact) mass is 744 g/mol. The Morgan fingerprint density at radius 2 is 0.981 bits per heavy atom. The molecule has 0 aliphatic heterocycles. The van der Waals surface area contributed by atoms with Crippen LogP contribution < -0.4 is 5.32 Å². The van der Waals surface area contributed by atoms with Gasteiger partial charge in [-0.05, 0) is 83.5 Å². The van der Waals surface area contributed by atoms with Crippen molar-refractivity contribution in [3.05, 3.63) is 48.6 Å². The first-order valence-corrected chi connectivity index (χ1v) is 22.4. The van der Waals surface area contributed by atoms with Crippen LogP contribution in [0.1, 0.15) is 213 Å². The summed E-state index contributed by atoms with van der Waals surface area (Å²) in [6.07, 6.45) is 51.0. The summed E-state index contributed by atoms with van der Waals surface area (Å²) < 4.78 is 5.43. The zero-order valence-electron chi connectivity index (χ0n) is 34.7. The fraction of sp³-hybridized carbons (Fsp3) is 0.787. The second-order valence-electron chi connectivity index (χ2n) is 15.0. The summed E-state index contributed by atoms with van der Waals surface area (Å²) in [5.74, 6) is -0.134. The Labute approximate surface area is 327 Å². The molecule has 1 amide bonds. The van der Waals surface area contributed by atoms with E-state index in [1.807, 2.05) is 6.08 Å².